The van der Waals surface area contributed by atoms with E-state index >= 15 is 0 Å². The number of aromatic nitrogens is 3. The molecule has 1 aliphatic rings. The first kappa shape index (κ1) is 11.0. The smallest absolute Gasteiger partial charge is 0.180 e. The van der Waals surface area contributed by atoms with Gasteiger partial charge < -0.3 is 9.72 Å². The van der Waals surface area contributed by atoms with Crippen LogP contribution in [0.25, 0.3) is 5.65 Å². The van der Waals surface area contributed by atoms with Crippen molar-refractivity contribution in [1.82, 2.24) is 14.4 Å². The van der Waals surface area contributed by atoms with Gasteiger partial charge in [-0.15, -0.1) is 0 Å². The first-order valence-electron chi connectivity index (χ1n) is 6.00. The maximum Gasteiger partial charge on any atom is 0.180 e. The molecule has 1 aliphatic carbocycles. The third-order valence-electron chi connectivity index (χ3n) is 3.57. The van der Waals surface area contributed by atoms with Gasteiger partial charge in [-0.2, -0.15) is 0 Å². The van der Waals surface area contributed by atoms with E-state index in [9.17, 15) is 0 Å². The van der Waals surface area contributed by atoms with Gasteiger partial charge in [0.15, 0.2) is 11.5 Å². The number of halogens is 1. The van der Waals surface area contributed by atoms with Gasteiger partial charge in [-0.1, -0.05) is 6.42 Å². The van der Waals surface area contributed by atoms with E-state index in [2.05, 4.69) is 38.1 Å². The molecule has 0 aromatic carbocycles. The van der Waals surface area contributed by atoms with Crippen molar-refractivity contribution in [3.8, 4) is 0 Å². The van der Waals surface area contributed by atoms with Crippen LogP contribution in [0.2, 0.25) is 0 Å². The zero-order valence-corrected chi connectivity index (χ0v) is 11.3. The van der Waals surface area contributed by atoms with Gasteiger partial charge in [0.25, 0.3) is 0 Å². The first-order valence-corrected chi connectivity index (χ1v) is 6.79. The van der Waals surface area contributed by atoms with Crippen LogP contribution in [0, 0.1) is 5.92 Å². The van der Waals surface area contributed by atoms with Crippen molar-refractivity contribution < 1.29 is 0 Å². The fourth-order valence-electron chi connectivity index (χ4n) is 2.27. The lowest BCUT2D eigenvalue weighted by Crippen LogP contribution is -2.31. The highest BCUT2D eigenvalue weighted by Gasteiger charge is 2.24. The summed E-state index contributed by atoms with van der Waals surface area (Å²) in [5.41, 5.74) is 0.888. The molecule has 0 saturated heterocycles. The van der Waals surface area contributed by atoms with Crippen LogP contribution < -0.4 is 5.32 Å². The standard InChI is InChI=1S/C12H15BrN4/c1-8(9-3-2-4-9)15-11-12-14-5-6-17(12)7-10(13)16-11/h5-9H,2-4H2,1H3,(H,15,16). The molecule has 2 heterocycles. The second-order valence-corrected chi connectivity index (χ2v) is 5.51. The van der Waals surface area contributed by atoms with Crippen molar-refractivity contribution in [3.63, 3.8) is 0 Å². The highest BCUT2D eigenvalue weighted by atomic mass is 79.9. The van der Waals surface area contributed by atoms with Crippen molar-refractivity contribution in [2.75, 3.05) is 5.32 Å². The molecule has 1 fully saturated rings. The maximum atomic E-state index is 4.48. The molecule has 0 spiro atoms. The first-order chi connectivity index (χ1) is 8.24. The molecule has 5 heteroatoms. The molecule has 2 aromatic heterocycles. The molecular formula is C12H15BrN4. The van der Waals surface area contributed by atoms with E-state index < -0.39 is 0 Å². The summed E-state index contributed by atoms with van der Waals surface area (Å²) >= 11 is 3.43. The molecule has 1 N–H and O–H groups in total. The fraction of sp³-hybridized carbons (Fsp3) is 0.500. The Bertz CT molecular complexity index is 532. The summed E-state index contributed by atoms with van der Waals surface area (Å²) in [5.74, 6) is 1.65. The number of hydrogen-bond acceptors (Lipinski definition) is 3. The molecule has 0 radical (unpaired) electrons. The molecule has 90 valence electrons. The van der Waals surface area contributed by atoms with E-state index in [-0.39, 0.29) is 0 Å². The van der Waals surface area contributed by atoms with Gasteiger partial charge in [-0.3, -0.25) is 0 Å². The van der Waals surface area contributed by atoms with E-state index in [1.165, 1.54) is 19.3 Å². The minimum Gasteiger partial charge on any atom is -0.364 e. The number of anilines is 1. The predicted octanol–water partition coefficient (Wildman–Crippen LogP) is 3.09. The summed E-state index contributed by atoms with van der Waals surface area (Å²) in [6.45, 7) is 2.23. The Labute approximate surface area is 109 Å². The molecule has 1 saturated carbocycles. The Morgan fingerprint density at radius 1 is 1.53 bits per heavy atom. The summed E-state index contributed by atoms with van der Waals surface area (Å²) in [7, 11) is 0. The van der Waals surface area contributed by atoms with Gasteiger partial charge in [0.2, 0.25) is 0 Å². The van der Waals surface area contributed by atoms with Crippen molar-refractivity contribution >= 4 is 27.4 Å². The SMILES string of the molecule is CC(Nc1nc(Br)cn2ccnc12)C1CCC1. The zero-order chi connectivity index (χ0) is 11.8. The van der Waals surface area contributed by atoms with Crippen LogP contribution in [0.5, 0.6) is 0 Å². The molecule has 1 unspecified atom stereocenters. The van der Waals surface area contributed by atoms with Gasteiger partial charge in [0.1, 0.15) is 4.60 Å². The average molecular weight is 295 g/mol. The highest BCUT2D eigenvalue weighted by molar-refractivity contribution is 9.10. The Balaban J connectivity index is 1.90. The van der Waals surface area contributed by atoms with Gasteiger partial charge in [0.05, 0.1) is 0 Å². The number of nitrogens with one attached hydrogen (secondary N) is 1. The summed E-state index contributed by atoms with van der Waals surface area (Å²) in [6.07, 6.45) is 9.66. The van der Waals surface area contributed by atoms with Crippen molar-refractivity contribution in [2.24, 2.45) is 5.92 Å². The molecule has 0 bridgehead atoms. The molecule has 1 atom stereocenters. The molecule has 2 aromatic rings. The van der Waals surface area contributed by atoms with Crippen LogP contribution in [-0.4, -0.2) is 20.4 Å². The Morgan fingerprint density at radius 2 is 2.35 bits per heavy atom. The minimum absolute atomic E-state index is 0.464. The molecule has 17 heavy (non-hydrogen) atoms. The second kappa shape index (κ2) is 4.29. The number of fused-ring (bicyclic) bond motifs is 1. The Hall–Kier alpha value is -1.10. The Kier molecular flexibility index (Phi) is 2.78. The largest absolute Gasteiger partial charge is 0.364 e. The number of hydrogen-bond donors (Lipinski definition) is 1. The van der Waals surface area contributed by atoms with Gasteiger partial charge >= 0.3 is 0 Å². The maximum absolute atomic E-state index is 4.48. The van der Waals surface area contributed by atoms with Crippen molar-refractivity contribution in [1.29, 1.82) is 0 Å². The molecule has 4 nitrogen and oxygen atoms in total. The van der Waals surface area contributed by atoms with Crippen LogP contribution in [0.3, 0.4) is 0 Å². The summed E-state index contributed by atoms with van der Waals surface area (Å²) in [5, 5.41) is 3.49. The van der Waals surface area contributed by atoms with E-state index in [0.717, 1.165) is 22.0 Å². The molecule has 0 amide bonds. The van der Waals surface area contributed by atoms with Crippen LogP contribution in [0.4, 0.5) is 5.82 Å². The number of imidazole rings is 1. The summed E-state index contributed by atoms with van der Waals surface area (Å²) in [4.78, 5) is 8.81. The normalized spacial score (nSPS) is 18.0. The quantitative estimate of drug-likeness (QED) is 0.946. The summed E-state index contributed by atoms with van der Waals surface area (Å²) < 4.78 is 2.80. The molecular weight excluding hydrogens is 280 g/mol. The predicted molar refractivity (Wildman–Crippen MR) is 71.1 cm³/mol. The molecule has 0 aliphatic heterocycles. The van der Waals surface area contributed by atoms with E-state index in [1.807, 2.05) is 16.8 Å². The van der Waals surface area contributed by atoms with E-state index in [1.54, 1.807) is 6.20 Å². The summed E-state index contributed by atoms with van der Waals surface area (Å²) in [6, 6.07) is 0.464. The van der Waals surface area contributed by atoms with Gasteiger partial charge in [0, 0.05) is 24.6 Å². The second-order valence-electron chi connectivity index (χ2n) is 4.69. The van der Waals surface area contributed by atoms with Crippen LogP contribution in [-0.2, 0) is 0 Å². The van der Waals surface area contributed by atoms with Crippen LogP contribution in [0.15, 0.2) is 23.2 Å². The zero-order valence-electron chi connectivity index (χ0n) is 9.73. The molecule has 3 rings (SSSR count). The highest BCUT2D eigenvalue weighted by Crippen LogP contribution is 2.31. The third kappa shape index (κ3) is 2.04. The Morgan fingerprint density at radius 3 is 3.06 bits per heavy atom. The van der Waals surface area contributed by atoms with E-state index in [0.29, 0.717) is 6.04 Å². The van der Waals surface area contributed by atoms with Gasteiger partial charge in [-0.05, 0) is 41.6 Å². The average Bonchev–Trinajstić information content (AvgIpc) is 2.62. The number of rotatable bonds is 3. The van der Waals surface area contributed by atoms with Crippen LogP contribution in [0.1, 0.15) is 26.2 Å². The van der Waals surface area contributed by atoms with Gasteiger partial charge in [-0.25, -0.2) is 9.97 Å². The lowest BCUT2D eigenvalue weighted by molar-refractivity contribution is 0.285. The minimum atomic E-state index is 0.464. The monoisotopic (exact) mass is 294 g/mol. The van der Waals surface area contributed by atoms with Crippen molar-refractivity contribution in [3.05, 3.63) is 23.2 Å². The topological polar surface area (TPSA) is 42.2 Å². The van der Waals surface area contributed by atoms with Crippen LogP contribution >= 0.6 is 15.9 Å². The fourth-order valence-corrected chi connectivity index (χ4v) is 2.67. The van der Waals surface area contributed by atoms with E-state index in [4.69, 9.17) is 0 Å². The lowest BCUT2D eigenvalue weighted by Gasteiger charge is -2.32. The number of nitrogens with zero attached hydrogens (tertiary/aromatic N) is 3. The third-order valence-corrected chi connectivity index (χ3v) is 3.95. The lowest BCUT2D eigenvalue weighted by atomic mass is 9.80. The van der Waals surface area contributed by atoms with Crippen molar-refractivity contribution in [2.45, 2.75) is 32.2 Å².